The quantitative estimate of drug-likeness (QED) is 0.123. The molecule has 4 heterocycles. The molecule has 0 aliphatic carbocycles. The van der Waals surface area contributed by atoms with Gasteiger partial charge in [0.05, 0.1) is 8.07 Å². The SMILES string of the molecule is Cc1c[c-]c(-c2cc(-c3ccccc3)c([Si](C)(C)C)cn2)cc1.Cc1ccc2c(c1)oc1n[c-]c(-c3cc(C(C)c4ccccc4)ccn3)cc12.[Ir]. The van der Waals surface area contributed by atoms with E-state index in [-0.39, 0.29) is 26.0 Å². The van der Waals surface area contributed by atoms with Crippen molar-refractivity contribution in [3.05, 3.63) is 168 Å². The zero-order valence-electron chi connectivity index (χ0n) is 30.4. The van der Waals surface area contributed by atoms with E-state index >= 15 is 0 Å². The van der Waals surface area contributed by atoms with Crippen molar-refractivity contribution < 1.29 is 24.5 Å². The number of rotatable bonds is 6. The van der Waals surface area contributed by atoms with E-state index < -0.39 is 8.07 Å². The Morgan fingerprint density at radius 3 is 2.10 bits per heavy atom. The van der Waals surface area contributed by atoms with Crippen LogP contribution in [0.25, 0.3) is 55.7 Å². The first-order valence-electron chi connectivity index (χ1n) is 17.4. The van der Waals surface area contributed by atoms with Gasteiger partial charge in [0.25, 0.3) is 0 Å². The van der Waals surface area contributed by atoms with Gasteiger partial charge in [-0.05, 0) is 75.0 Å². The van der Waals surface area contributed by atoms with Gasteiger partial charge >= 0.3 is 0 Å². The molecular weight excluding hydrogens is 831 g/mol. The van der Waals surface area contributed by atoms with Crippen LogP contribution in [0, 0.1) is 26.1 Å². The number of pyridine rings is 3. The molecule has 1 unspecified atom stereocenters. The summed E-state index contributed by atoms with van der Waals surface area (Å²) in [7, 11) is -1.47. The molecule has 0 spiro atoms. The van der Waals surface area contributed by atoms with Crippen LogP contribution in [0.15, 0.2) is 138 Å². The number of hydrogen-bond donors (Lipinski definition) is 0. The second kappa shape index (κ2) is 15.7. The van der Waals surface area contributed by atoms with Gasteiger partial charge in [-0.3, -0.25) is 0 Å². The third-order valence-corrected chi connectivity index (χ3v) is 11.3. The molecule has 4 aromatic carbocycles. The summed E-state index contributed by atoms with van der Waals surface area (Å²) in [5.74, 6) is 0.289. The normalized spacial score (nSPS) is 11.8. The number of aromatic nitrogens is 3. The molecule has 0 fully saturated rings. The molecule has 0 N–H and O–H groups in total. The van der Waals surface area contributed by atoms with Crippen LogP contribution in [0.2, 0.25) is 19.6 Å². The summed E-state index contributed by atoms with van der Waals surface area (Å²) in [6.45, 7) is 13.5. The van der Waals surface area contributed by atoms with Gasteiger partial charge in [0.2, 0.25) is 0 Å². The minimum atomic E-state index is -1.47. The zero-order chi connectivity index (χ0) is 35.5. The molecule has 4 aromatic heterocycles. The van der Waals surface area contributed by atoms with Crippen LogP contribution in [0.3, 0.4) is 0 Å². The van der Waals surface area contributed by atoms with Gasteiger partial charge in [-0.2, -0.15) is 0 Å². The average Bonchev–Trinajstić information content (AvgIpc) is 3.52. The molecule has 0 aliphatic rings. The predicted octanol–water partition coefficient (Wildman–Crippen LogP) is 11.4. The number of hydrogen-bond acceptors (Lipinski definition) is 4. The fourth-order valence-corrected chi connectivity index (χ4v) is 7.85. The third-order valence-electron chi connectivity index (χ3n) is 9.33. The Hall–Kier alpha value is -5.00. The predicted molar refractivity (Wildman–Crippen MR) is 214 cm³/mol. The molecule has 0 amide bonds. The van der Waals surface area contributed by atoms with Gasteiger partial charge in [0.15, 0.2) is 0 Å². The van der Waals surface area contributed by atoms with Crippen LogP contribution in [0.5, 0.6) is 0 Å². The van der Waals surface area contributed by atoms with E-state index in [1.807, 2.05) is 24.4 Å². The summed E-state index contributed by atoms with van der Waals surface area (Å²) in [5.41, 5.74) is 12.7. The maximum Gasteiger partial charge on any atom is 0.141 e. The first-order chi connectivity index (χ1) is 24.6. The van der Waals surface area contributed by atoms with Crippen molar-refractivity contribution in [2.45, 2.75) is 46.3 Å². The van der Waals surface area contributed by atoms with E-state index in [0.717, 1.165) is 38.9 Å². The molecule has 0 saturated carbocycles. The van der Waals surface area contributed by atoms with Gasteiger partial charge in [-0.15, -0.1) is 47.0 Å². The van der Waals surface area contributed by atoms with Crippen molar-refractivity contribution in [1.29, 1.82) is 0 Å². The molecular formula is C46H41IrN3OSi-2. The average molecular weight is 872 g/mol. The Bertz CT molecular complexity index is 2440. The Labute approximate surface area is 321 Å². The summed E-state index contributed by atoms with van der Waals surface area (Å²) >= 11 is 0. The van der Waals surface area contributed by atoms with E-state index in [4.69, 9.17) is 9.40 Å². The van der Waals surface area contributed by atoms with Gasteiger partial charge in [-0.25, -0.2) is 0 Å². The molecule has 8 rings (SSSR count). The van der Waals surface area contributed by atoms with E-state index in [2.05, 4.69) is 172 Å². The third kappa shape index (κ3) is 8.05. The Morgan fingerprint density at radius 1 is 0.673 bits per heavy atom. The van der Waals surface area contributed by atoms with Crippen LogP contribution in [0.1, 0.15) is 35.1 Å². The van der Waals surface area contributed by atoms with E-state index in [0.29, 0.717) is 5.71 Å². The van der Waals surface area contributed by atoms with Crippen LogP contribution in [0.4, 0.5) is 0 Å². The molecule has 6 heteroatoms. The van der Waals surface area contributed by atoms with Crippen LogP contribution >= 0.6 is 0 Å². The fourth-order valence-electron chi connectivity index (χ4n) is 6.37. The minimum Gasteiger partial charge on any atom is -0.483 e. The number of fused-ring (bicyclic) bond motifs is 3. The van der Waals surface area contributed by atoms with E-state index in [1.165, 1.54) is 38.6 Å². The van der Waals surface area contributed by atoms with Gasteiger partial charge in [0, 0.05) is 43.8 Å². The van der Waals surface area contributed by atoms with Crippen molar-refractivity contribution in [2.75, 3.05) is 0 Å². The van der Waals surface area contributed by atoms with E-state index in [9.17, 15) is 0 Å². The Kier molecular flexibility index (Phi) is 11.1. The van der Waals surface area contributed by atoms with Gasteiger partial charge in [-0.1, -0.05) is 118 Å². The van der Waals surface area contributed by atoms with Crippen molar-refractivity contribution >= 4 is 35.3 Å². The summed E-state index contributed by atoms with van der Waals surface area (Å²) in [6, 6.07) is 45.4. The molecule has 8 aromatic rings. The van der Waals surface area contributed by atoms with Gasteiger partial charge < -0.3 is 19.4 Å². The summed E-state index contributed by atoms with van der Waals surface area (Å²) in [5, 5.41) is 3.46. The summed E-state index contributed by atoms with van der Waals surface area (Å²) < 4.78 is 5.88. The molecule has 1 atom stereocenters. The fraction of sp³-hybridized carbons (Fsp3) is 0.152. The second-order valence-electron chi connectivity index (χ2n) is 14.2. The Morgan fingerprint density at radius 2 is 1.38 bits per heavy atom. The smallest absolute Gasteiger partial charge is 0.141 e. The largest absolute Gasteiger partial charge is 0.483 e. The Balaban J connectivity index is 0.000000179. The van der Waals surface area contributed by atoms with Crippen LogP contribution in [-0.2, 0) is 20.1 Å². The molecule has 0 aliphatic heterocycles. The number of furan rings is 1. The first-order valence-corrected chi connectivity index (χ1v) is 20.9. The monoisotopic (exact) mass is 872 g/mol. The number of aryl methyl sites for hydroxylation is 2. The van der Waals surface area contributed by atoms with Crippen LogP contribution in [-0.4, -0.2) is 23.0 Å². The maximum atomic E-state index is 5.88. The molecule has 0 saturated heterocycles. The first kappa shape index (κ1) is 36.8. The summed E-state index contributed by atoms with van der Waals surface area (Å²) in [6.07, 6.45) is 7.04. The van der Waals surface area contributed by atoms with Crippen molar-refractivity contribution in [2.24, 2.45) is 0 Å². The van der Waals surface area contributed by atoms with Gasteiger partial charge in [0.1, 0.15) is 11.3 Å². The molecule has 261 valence electrons. The maximum absolute atomic E-state index is 5.88. The molecule has 52 heavy (non-hydrogen) atoms. The molecule has 1 radical (unpaired) electrons. The van der Waals surface area contributed by atoms with Crippen molar-refractivity contribution in [3.8, 4) is 33.6 Å². The summed E-state index contributed by atoms with van der Waals surface area (Å²) in [4.78, 5) is 13.7. The van der Waals surface area contributed by atoms with Crippen LogP contribution < -0.4 is 5.19 Å². The van der Waals surface area contributed by atoms with E-state index in [1.54, 1.807) is 0 Å². The molecule has 4 nitrogen and oxygen atoms in total. The van der Waals surface area contributed by atoms with Crippen molar-refractivity contribution in [3.63, 3.8) is 0 Å². The minimum absolute atomic E-state index is 0. The standard InChI is InChI=1S/C25H19N2O.C21H22NSi.Ir/c1-16-8-9-21-22-13-20(15-27-25(22)28-24(21)12-16)23-14-19(10-11-26-23)17(2)18-6-4-3-5-7-18;1-16-10-12-18(13-11-16)20-14-19(17-8-6-5-7-9-17)21(15-22-20)23(2,3)4;/h3-14,17H,1-2H3;5-12,14-15H,1-4H3;/q2*-1;. The topological polar surface area (TPSA) is 51.8 Å². The zero-order valence-corrected chi connectivity index (χ0v) is 33.8. The number of nitrogens with zero attached hydrogens (tertiary/aromatic N) is 3. The molecule has 0 bridgehead atoms. The second-order valence-corrected chi connectivity index (χ2v) is 19.3. The van der Waals surface area contributed by atoms with Crippen molar-refractivity contribution in [1.82, 2.24) is 15.0 Å². The number of benzene rings is 4.